The minimum atomic E-state index is 0.235. The van der Waals surface area contributed by atoms with E-state index < -0.39 is 0 Å². The standard InChI is InChI=1S/C16H21ClO/c1-2-3-12-4-6-13(7-5-12)16(18)14-8-10-15(17)11-9-14/h8-13H,2-7H2,1H3. The Morgan fingerprint density at radius 1 is 1.17 bits per heavy atom. The maximum atomic E-state index is 12.3. The Labute approximate surface area is 115 Å². The van der Waals surface area contributed by atoms with Gasteiger partial charge < -0.3 is 0 Å². The Morgan fingerprint density at radius 2 is 1.78 bits per heavy atom. The average molecular weight is 265 g/mol. The van der Waals surface area contributed by atoms with E-state index in [0.29, 0.717) is 10.8 Å². The Hall–Kier alpha value is -0.820. The first-order valence-electron chi connectivity index (χ1n) is 7.00. The molecule has 0 heterocycles. The largest absolute Gasteiger partial charge is 0.294 e. The number of rotatable bonds is 4. The van der Waals surface area contributed by atoms with E-state index in [1.807, 2.05) is 12.1 Å². The van der Waals surface area contributed by atoms with Gasteiger partial charge >= 0.3 is 0 Å². The van der Waals surface area contributed by atoms with Crippen molar-refractivity contribution in [1.29, 1.82) is 0 Å². The molecule has 1 nitrogen and oxygen atoms in total. The lowest BCUT2D eigenvalue weighted by Crippen LogP contribution is -2.22. The second-order valence-electron chi connectivity index (χ2n) is 5.38. The summed E-state index contributed by atoms with van der Waals surface area (Å²) in [6.07, 6.45) is 7.15. The zero-order valence-corrected chi connectivity index (χ0v) is 11.7. The lowest BCUT2D eigenvalue weighted by atomic mass is 9.77. The Bertz CT molecular complexity index is 388. The highest BCUT2D eigenvalue weighted by molar-refractivity contribution is 6.30. The molecule has 2 rings (SSSR count). The van der Waals surface area contributed by atoms with Crippen molar-refractivity contribution >= 4 is 17.4 Å². The smallest absolute Gasteiger partial charge is 0.165 e. The van der Waals surface area contributed by atoms with Crippen molar-refractivity contribution in [2.24, 2.45) is 11.8 Å². The van der Waals surface area contributed by atoms with Gasteiger partial charge in [-0.25, -0.2) is 0 Å². The molecular formula is C16H21ClO. The number of benzene rings is 1. The normalized spacial score (nSPS) is 23.9. The fraction of sp³-hybridized carbons (Fsp3) is 0.562. The molecule has 2 heteroatoms. The monoisotopic (exact) mass is 264 g/mol. The van der Waals surface area contributed by atoms with E-state index in [1.54, 1.807) is 12.1 Å². The van der Waals surface area contributed by atoms with Crippen molar-refractivity contribution in [2.45, 2.75) is 45.4 Å². The predicted molar refractivity (Wildman–Crippen MR) is 76.1 cm³/mol. The number of hydrogen-bond donors (Lipinski definition) is 0. The van der Waals surface area contributed by atoms with E-state index in [1.165, 1.54) is 25.7 Å². The molecule has 0 saturated heterocycles. The summed E-state index contributed by atoms with van der Waals surface area (Å²) in [6, 6.07) is 7.31. The van der Waals surface area contributed by atoms with Crippen LogP contribution in [0.4, 0.5) is 0 Å². The molecule has 1 aliphatic carbocycles. The van der Waals surface area contributed by atoms with Crippen LogP contribution in [0.2, 0.25) is 5.02 Å². The molecule has 18 heavy (non-hydrogen) atoms. The number of Topliss-reactive ketones (excluding diaryl/α,β-unsaturated/α-hetero) is 1. The zero-order valence-electron chi connectivity index (χ0n) is 11.0. The SMILES string of the molecule is CCCC1CCC(C(=O)c2ccc(Cl)cc2)CC1. The molecule has 0 aromatic heterocycles. The van der Waals surface area contributed by atoms with E-state index >= 15 is 0 Å². The van der Waals surface area contributed by atoms with Gasteiger partial charge in [0.05, 0.1) is 0 Å². The molecule has 0 atom stereocenters. The predicted octanol–water partition coefficient (Wildman–Crippen LogP) is 5.13. The summed E-state index contributed by atoms with van der Waals surface area (Å²) < 4.78 is 0. The second-order valence-corrected chi connectivity index (χ2v) is 5.81. The third-order valence-electron chi connectivity index (χ3n) is 4.04. The van der Waals surface area contributed by atoms with Crippen LogP contribution >= 0.6 is 11.6 Å². The quantitative estimate of drug-likeness (QED) is 0.689. The van der Waals surface area contributed by atoms with Gasteiger partial charge in [0.2, 0.25) is 0 Å². The molecule has 0 unspecified atom stereocenters. The van der Waals surface area contributed by atoms with Crippen molar-refractivity contribution < 1.29 is 4.79 Å². The van der Waals surface area contributed by atoms with Gasteiger partial charge in [0.1, 0.15) is 0 Å². The van der Waals surface area contributed by atoms with E-state index in [4.69, 9.17) is 11.6 Å². The third-order valence-corrected chi connectivity index (χ3v) is 4.30. The van der Waals surface area contributed by atoms with Crippen molar-refractivity contribution in [3.8, 4) is 0 Å². The number of ketones is 1. The Morgan fingerprint density at radius 3 is 2.33 bits per heavy atom. The molecule has 1 saturated carbocycles. The van der Waals surface area contributed by atoms with Crippen molar-refractivity contribution in [1.82, 2.24) is 0 Å². The van der Waals surface area contributed by atoms with Crippen LogP contribution in [0.1, 0.15) is 55.8 Å². The summed E-state index contributed by atoms with van der Waals surface area (Å²) >= 11 is 5.84. The lowest BCUT2D eigenvalue weighted by Gasteiger charge is -2.27. The van der Waals surface area contributed by atoms with Gasteiger partial charge in [-0.05, 0) is 55.9 Å². The van der Waals surface area contributed by atoms with E-state index in [-0.39, 0.29) is 5.92 Å². The number of carbonyl (C=O) groups excluding carboxylic acids is 1. The molecule has 1 aromatic rings. The van der Waals surface area contributed by atoms with Crippen LogP contribution in [0.3, 0.4) is 0 Å². The van der Waals surface area contributed by atoms with E-state index in [9.17, 15) is 4.79 Å². The number of halogens is 1. The van der Waals surface area contributed by atoms with Crippen LogP contribution in [-0.2, 0) is 0 Å². The highest BCUT2D eigenvalue weighted by atomic mass is 35.5. The summed E-state index contributed by atoms with van der Waals surface area (Å²) in [5.41, 5.74) is 0.818. The Kier molecular flexibility index (Phi) is 4.82. The summed E-state index contributed by atoms with van der Waals surface area (Å²) in [7, 11) is 0. The third kappa shape index (κ3) is 3.35. The van der Waals surface area contributed by atoms with Gasteiger partial charge in [-0.15, -0.1) is 0 Å². The molecule has 98 valence electrons. The van der Waals surface area contributed by atoms with E-state index in [2.05, 4.69) is 6.92 Å². The van der Waals surface area contributed by atoms with Gasteiger partial charge in [0.25, 0.3) is 0 Å². The molecular weight excluding hydrogens is 244 g/mol. The van der Waals surface area contributed by atoms with Crippen LogP contribution in [0.25, 0.3) is 0 Å². The van der Waals surface area contributed by atoms with Gasteiger partial charge in [-0.2, -0.15) is 0 Å². The van der Waals surface area contributed by atoms with Crippen molar-refractivity contribution in [3.05, 3.63) is 34.9 Å². The molecule has 0 aliphatic heterocycles. The zero-order chi connectivity index (χ0) is 13.0. The first-order chi connectivity index (χ1) is 8.70. The number of hydrogen-bond acceptors (Lipinski definition) is 1. The van der Waals surface area contributed by atoms with Crippen LogP contribution in [0.5, 0.6) is 0 Å². The van der Waals surface area contributed by atoms with Crippen molar-refractivity contribution in [3.63, 3.8) is 0 Å². The molecule has 1 fully saturated rings. The maximum absolute atomic E-state index is 12.3. The highest BCUT2D eigenvalue weighted by Crippen LogP contribution is 2.33. The van der Waals surface area contributed by atoms with Gasteiger partial charge in [0, 0.05) is 16.5 Å². The summed E-state index contributed by atoms with van der Waals surface area (Å²) in [5.74, 6) is 1.39. The molecule has 0 spiro atoms. The van der Waals surface area contributed by atoms with Gasteiger partial charge in [0.15, 0.2) is 5.78 Å². The lowest BCUT2D eigenvalue weighted by molar-refractivity contribution is 0.0870. The first kappa shape index (κ1) is 13.6. The molecule has 1 aliphatic rings. The Balaban J connectivity index is 1.93. The summed E-state index contributed by atoms with van der Waals surface area (Å²) in [5, 5.41) is 0.693. The second kappa shape index (κ2) is 6.38. The minimum Gasteiger partial charge on any atom is -0.294 e. The molecule has 0 bridgehead atoms. The van der Waals surface area contributed by atoms with E-state index in [0.717, 1.165) is 24.3 Å². The van der Waals surface area contributed by atoms with Crippen molar-refractivity contribution in [2.75, 3.05) is 0 Å². The highest BCUT2D eigenvalue weighted by Gasteiger charge is 2.26. The van der Waals surface area contributed by atoms with Crippen LogP contribution in [-0.4, -0.2) is 5.78 Å². The fourth-order valence-corrected chi connectivity index (χ4v) is 3.10. The summed E-state index contributed by atoms with van der Waals surface area (Å²) in [6.45, 7) is 2.24. The van der Waals surface area contributed by atoms with Crippen LogP contribution < -0.4 is 0 Å². The minimum absolute atomic E-state index is 0.235. The summed E-state index contributed by atoms with van der Waals surface area (Å²) in [4.78, 5) is 12.3. The molecule has 0 N–H and O–H groups in total. The topological polar surface area (TPSA) is 17.1 Å². The van der Waals surface area contributed by atoms with Gasteiger partial charge in [-0.3, -0.25) is 4.79 Å². The molecule has 0 radical (unpaired) electrons. The van der Waals surface area contributed by atoms with Crippen LogP contribution in [0, 0.1) is 11.8 Å². The first-order valence-corrected chi connectivity index (χ1v) is 7.38. The molecule has 1 aromatic carbocycles. The van der Waals surface area contributed by atoms with Crippen LogP contribution in [0.15, 0.2) is 24.3 Å². The maximum Gasteiger partial charge on any atom is 0.165 e. The fourth-order valence-electron chi connectivity index (χ4n) is 2.97. The molecule has 0 amide bonds. The van der Waals surface area contributed by atoms with Gasteiger partial charge in [-0.1, -0.05) is 31.4 Å². The average Bonchev–Trinajstić information content (AvgIpc) is 2.40. The number of carbonyl (C=O) groups is 1.